The van der Waals surface area contributed by atoms with Crippen molar-refractivity contribution in [2.24, 2.45) is 10.7 Å². The second-order valence-corrected chi connectivity index (χ2v) is 2.33. The Morgan fingerprint density at radius 2 is 2.18 bits per heavy atom. The number of hydrogen-bond acceptors (Lipinski definition) is 3. The second kappa shape index (κ2) is 2.36. The summed E-state index contributed by atoms with van der Waals surface area (Å²) in [5.74, 6) is 0. The Labute approximate surface area is 63.8 Å². The maximum Gasteiger partial charge on any atom is 0.244 e. The van der Waals surface area contributed by atoms with Crippen LogP contribution in [0.3, 0.4) is 0 Å². The smallest absolute Gasteiger partial charge is 0.244 e. The molecule has 0 bridgehead atoms. The topological polar surface area (TPSA) is 47.6 Å². The van der Waals surface area contributed by atoms with E-state index in [4.69, 9.17) is 10.5 Å². The number of ether oxygens (including phenoxy) is 1. The lowest BCUT2D eigenvalue weighted by Gasteiger charge is -2.08. The highest BCUT2D eigenvalue weighted by molar-refractivity contribution is 5.18. The molecule has 1 aromatic rings. The van der Waals surface area contributed by atoms with Crippen LogP contribution in [0.25, 0.3) is 6.26 Å². The summed E-state index contributed by atoms with van der Waals surface area (Å²) in [4.78, 5) is 4.07. The van der Waals surface area contributed by atoms with Crippen LogP contribution < -0.4 is 16.3 Å². The molecule has 3 heteroatoms. The van der Waals surface area contributed by atoms with E-state index in [0.717, 1.165) is 10.6 Å². The number of rotatable bonds is 0. The SMILES string of the molecule is NC1N=c2ccccc2=CO1. The van der Waals surface area contributed by atoms with Crippen molar-refractivity contribution in [3.63, 3.8) is 0 Å². The molecule has 0 radical (unpaired) electrons. The molecule has 1 aliphatic heterocycles. The summed E-state index contributed by atoms with van der Waals surface area (Å²) < 4.78 is 4.99. The molecule has 1 aromatic carbocycles. The molecular formula is C8H8N2O. The van der Waals surface area contributed by atoms with Crippen molar-refractivity contribution < 1.29 is 4.74 Å². The standard InChI is InChI=1S/C8H8N2O/c9-8-10-7-4-2-1-3-6(7)5-11-8/h1-5,8H,9H2. The molecular weight excluding hydrogens is 140 g/mol. The molecule has 0 aromatic heterocycles. The molecule has 0 spiro atoms. The Bertz CT molecular complexity index is 372. The van der Waals surface area contributed by atoms with E-state index in [-0.39, 0.29) is 0 Å². The molecule has 2 N–H and O–H groups in total. The molecule has 1 unspecified atom stereocenters. The summed E-state index contributed by atoms with van der Waals surface area (Å²) in [6, 6.07) is 7.71. The fourth-order valence-corrected chi connectivity index (χ4v) is 1.02. The number of para-hydroxylation sites is 1. The van der Waals surface area contributed by atoms with Crippen LogP contribution in [0.4, 0.5) is 0 Å². The zero-order valence-corrected chi connectivity index (χ0v) is 5.90. The van der Waals surface area contributed by atoms with Gasteiger partial charge in [-0.05, 0) is 12.1 Å². The van der Waals surface area contributed by atoms with E-state index in [0.29, 0.717) is 0 Å². The van der Waals surface area contributed by atoms with Gasteiger partial charge in [0.15, 0.2) is 0 Å². The number of nitrogens with two attached hydrogens (primary N) is 1. The van der Waals surface area contributed by atoms with Gasteiger partial charge in [-0.25, -0.2) is 4.99 Å². The summed E-state index contributed by atoms with van der Waals surface area (Å²) >= 11 is 0. The Hall–Kier alpha value is -1.35. The maximum absolute atomic E-state index is 5.43. The van der Waals surface area contributed by atoms with Gasteiger partial charge in [-0.1, -0.05) is 12.1 Å². The van der Waals surface area contributed by atoms with Crippen molar-refractivity contribution in [1.29, 1.82) is 0 Å². The van der Waals surface area contributed by atoms with E-state index < -0.39 is 6.35 Å². The molecule has 1 heterocycles. The third-order valence-corrected chi connectivity index (χ3v) is 1.54. The Balaban J connectivity index is 2.73. The van der Waals surface area contributed by atoms with Gasteiger partial charge in [0.25, 0.3) is 0 Å². The third-order valence-electron chi connectivity index (χ3n) is 1.54. The molecule has 0 fully saturated rings. The predicted octanol–water partition coefficient (Wildman–Crippen LogP) is -0.683. The minimum atomic E-state index is -0.537. The summed E-state index contributed by atoms with van der Waals surface area (Å²) in [7, 11) is 0. The largest absolute Gasteiger partial charge is 0.463 e. The van der Waals surface area contributed by atoms with Gasteiger partial charge in [0.1, 0.15) is 0 Å². The van der Waals surface area contributed by atoms with Gasteiger partial charge in [-0.3, -0.25) is 5.73 Å². The zero-order valence-electron chi connectivity index (χ0n) is 5.90. The van der Waals surface area contributed by atoms with Crippen molar-refractivity contribution in [2.75, 3.05) is 0 Å². The average molecular weight is 148 g/mol. The van der Waals surface area contributed by atoms with E-state index in [1.165, 1.54) is 0 Å². The summed E-state index contributed by atoms with van der Waals surface area (Å²) in [5, 5.41) is 1.88. The van der Waals surface area contributed by atoms with Gasteiger partial charge >= 0.3 is 0 Å². The predicted molar refractivity (Wildman–Crippen MR) is 40.7 cm³/mol. The summed E-state index contributed by atoms with van der Waals surface area (Å²) in [5.41, 5.74) is 5.43. The minimum absolute atomic E-state index is 0.537. The van der Waals surface area contributed by atoms with Crippen LogP contribution in [0.1, 0.15) is 0 Å². The van der Waals surface area contributed by atoms with Crippen LogP contribution in [-0.4, -0.2) is 6.35 Å². The number of hydrogen-bond donors (Lipinski definition) is 1. The van der Waals surface area contributed by atoms with Crippen LogP contribution in [-0.2, 0) is 4.74 Å². The second-order valence-electron chi connectivity index (χ2n) is 2.33. The van der Waals surface area contributed by atoms with Gasteiger partial charge in [-0.2, -0.15) is 0 Å². The zero-order chi connectivity index (χ0) is 7.68. The summed E-state index contributed by atoms with van der Waals surface area (Å²) in [6.45, 7) is 0. The molecule has 0 saturated carbocycles. The fraction of sp³-hybridized carbons (Fsp3) is 0.125. The van der Waals surface area contributed by atoms with Crippen LogP contribution >= 0.6 is 0 Å². The highest BCUT2D eigenvalue weighted by Gasteiger charge is 2.00. The lowest BCUT2D eigenvalue weighted by atomic mass is 10.3. The van der Waals surface area contributed by atoms with Gasteiger partial charge in [0.2, 0.25) is 6.35 Å². The molecule has 3 nitrogen and oxygen atoms in total. The van der Waals surface area contributed by atoms with Crippen molar-refractivity contribution in [1.82, 2.24) is 0 Å². The minimum Gasteiger partial charge on any atom is -0.463 e. The Morgan fingerprint density at radius 3 is 3.09 bits per heavy atom. The van der Waals surface area contributed by atoms with Gasteiger partial charge in [-0.15, -0.1) is 0 Å². The van der Waals surface area contributed by atoms with Crippen LogP contribution in [0.2, 0.25) is 0 Å². The molecule has 0 amide bonds. The quantitative estimate of drug-likeness (QED) is 0.529. The van der Waals surface area contributed by atoms with E-state index >= 15 is 0 Å². The first-order chi connectivity index (χ1) is 5.36. The molecule has 0 aliphatic carbocycles. The Morgan fingerprint density at radius 1 is 1.36 bits per heavy atom. The summed E-state index contributed by atoms with van der Waals surface area (Å²) in [6.07, 6.45) is 1.09. The van der Waals surface area contributed by atoms with E-state index in [1.807, 2.05) is 24.3 Å². The molecule has 1 aliphatic rings. The van der Waals surface area contributed by atoms with Crippen molar-refractivity contribution in [3.05, 3.63) is 34.8 Å². The van der Waals surface area contributed by atoms with E-state index in [1.54, 1.807) is 6.26 Å². The normalized spacial score (nSPS) is 20.6. The van der Waals surface area contributed by atoms with Gasteiger partial charge in [0.05, 0.1) is 11.6 Å². The highest BCUT2D eigenvalue weighted by atomic mass is 16.5. The monoisotopic (exact) mass is 148 g/mol. The van der Waals surface area contributed by atoms with Gasteiger partial charge in [0, 0.05) is 5.22 Å². The maximum atomic E-state index is 5.43. The molecule has 11 heavy (non-hydrogen) atoms. The molecule has 56 valence electrons. The van der Waals surface area contributed by atoms with Gasteiger partial charge < -0.3 is 4.74 Å². The first-order valence-corrected chi connectivity index (χ1v) is 3.40. The molecule has 0 saturated heterocycles. The van der Waals surface area contributed by atoms with Crippen LogP contribution in [0, 0.1) is 0 Å². The first-order valence-electron chi connectivity index (χ1n) is 3.40. The number of benzene rings is 1. The van der Waals surface area contributed by atoms with E-state index in [9.17, 15) is 0 Å². The van der Waals surface area contributed by atoms with Crippen molar-refractivity contribution in [2.45, 2.75) is 6.35 Å². The van der Waals surface area contributed by atoms with Crippen LogP contribution in [0.15, 0.2) is 29.3 Å². The van der Waals surface area contributed by atoms with E-state index in [2.05, 4.69) is 4.99 Å². The Kier molecular flexibility index (Phi) is 1.36. The fourth-order valence-electron chi connectivity index (χ4n) is 1.02. The molecule has 1 atom stereocenters. The number of nitrogens with zero attached hydrogens (tertiary/aromatic N) is 1. The number of fused-ring (bicyclic) bond motifs is 1. The lowest BCUT2D eigenvalue weighted by Crippen LogP contribution is -2.35. The van der Waals surface area contributed by atoms with Crippen LogP contribution in [0.5, 0.6) is 0 Å². The average Bonchev–Trinajstić information content (AvgIpc) is 2.04. The highest BCUT2D eigenvalue weighted by Crippen LogP contribution is 1.87. The van der Waals surface area contributed by atoms with Crippen molar-refractivity contribution >= 4 is 6.26 Å². The van der Waals surface area contributed by atoms with Crippen molar-refractivity contribution in [3.8, 4) is 0 Å². The first kappa shape index (κ1) is 6.37. The lowest BCUT2D eigenvalue weighted by molar-refractivity contribution is 0.186. The molecule has 2 rings (SSSR count). The third kappa shape index (κ3) is 1.10.